The zero-order chi connectivity index (χ0) is 16.4. The fraction of sp³-hybridized carbons (Fsp3) is 0.0588. The molecule has 2 aromatic carbocycles. The van der Waals surface area contributed by atoms with Crippen LogP contribution in [0.5, 0.6) is 0 Å². The maximum absolute atomic E-state index is 12.5. The van der Waals surface area contributed by atoms with Gasteiger partial charge in [-0.3, -0.25) is 19.7 Å². The Hall–Kier alpha value is -3.28. The highest BCUT2D eigenvalue weighted by Gasteiger charge is 2.35. The molecule has 23 heavy (non-hydrogen) atoms. The van der Waals surface area contributed by atoms with Gasteiger partial charge >= 0.3 is 0 Å². The maximum Gasteiger partial charge on any atom is 0.276 e. The van der Waals surface area contributed by atoms with Gasteiger partial charge in [0, 0.05) is 11.6 Å². The Morgan fingerprint density at radius 2 is 1.65 bits per heavy atom. The van der Waals surface area contributed by atoms with Gasteiger partial charge in [0.1, 0.15) is 0 Å². The second kappa shape index (κ2) is 5.84. The predicted molar refractivity (Wildman–Crippen MR) is 84.6 cm³/mol. The van der Waals surface area contributed by atoms with Gasteiger partial charge in [0.15, 0.2) is 0 Å². The minimum absolute atomic E-state index is 0.0697. The highest BCUT2D eigenvalue weighted by atomic mass is 16.6. The van der Waals surface area contributed by atoms with E-state index in [1.807, 2.05) is 0 Å². The van der Waals surface area contributed by atoms with Crippen LogP contribution in [0.2, 0.25) is 0 Å². The molecule has 0 radical (unpaired) electrons. The molecule has 2 amide bonds. The molecule has 1 aliphatic rings. The molecule has 1 heterocycles. The number of carbonyl (C=O) groups excluding carboxylic acids is 2. The van der Waals surface area contributed by atoms with Gasteiger partial charge in [0.2, 0.25) is 5.91 Å². The third-order valence-electron chi connectivity index (χ3n) is 3.55. The average Bonchev–Trinajstić information content (AvgIpc) is 2.82. The molecule has 0 aromatic heterocycles. The Morgan fingerprint density at radius 3 is 2.35 bits per heavy atom. The van der Waals surface area contributed by atoms with Crippen molar-refractivity contribution in [3.8, 4) is 0 Å². The van der Waals surface area contributed by atoms with Crippen LogP contribution in [-0.4, -0.2) is 16.7 Å². The summed E-state index contributed by atoms with van der Waals surface area (Å²) >= 11 is 0. The van der Waals surface area contributed by atoms with Crippen molar-refractivity contribution < 1.29 is 14.5 Å². The molecule has 0 aliphatic carbocycles. The Balaban J connectivity index is 1.99. The van der Waals surface area contributed by atoms with Crippen molar-refractivity contribution in [1.29, 1.82) is 0 Å². The molecule has 0 bridgehead atoms. The molecule has 1 fully saturated rings. The third kappa shape index (κ3) is 2.74. The molecular weight excluding hydrogens is 296 g/mol. The lowest BCUT2D eigenvalue weighted by Gasteiger charge is -2.12. The number of anilines is 1. The van der Waals surface area contributed by atoms with Crippen LogP contribution in [0.4, 0.5) is 11.4 Å². The zero-order valence-corrected chi connectivity index (χ0v) is 12.0. The summed E-state index contributed by atoms with van der Waals surface area (Å²) in [5, 5.41) is 11.0. The lowest BCUT2D eigenvalue weighted by atomic mass is 10.1. The Kier molecular flexibility index (Phi) is 3.72. The lowest BCUT2D eigenvalue weighted by molar-refractivity contribution is -0.385. The summed E-state index contributed by atoms with van der Waals surface area (Å²) in [7, 11) is 0. The molecular formula is C17H12N2O4. The van der Waals surface area contributed by atoms with Crippen molar-refractivity contribution >= 4 is 29.3 Å². The summed E-state index contributed by atoms with van der Waals surface area (Å²) in [6, 6.07) is 14.7. The van der Waals surface area contributed by atoms with E-state index in [-0.39, 0.29) is 23.6 Å². The molecule has 0 spiro atoms. The van der Waals surface area contributed by atoms with Crippen LogP contribution < -0.4 is 4.90 Å². The fourth-order valence-electron chi connectivity index (χ4n) is 2.49. The molecule has 0 N–H and O–H groups in total. The van der Waals surface area contributed by atoms with Gasteiger partial charge < -0.3 is 0 Å². The fourth-order valence-corrected chi connectivity index (χ4v) is 2.49. The number of benzene rings is 2. The van der Waals surface area contributed by atoms with E-state index in [2.05, 4.69) is 0 Å². The Labute approximate surface area is 131 Å². The topological polar surface area (TPSA) is 80.5 Å². The van der Waals surface area contributed by atoms with Crippen molar-refractivity contribution in [1.82, 2.24) is 0 Å². The van der Waals surface area contributed by atoms with Crippen LogP contribution in [0.1, 0.15) is 12.0 Å². The van der Waals surface area contributed by atoms with Gasteiger partial charge in [-0.2, -0.15) is 0 Å². The largest absolute Gasteiger partial charge is 0.276 e. The normalized spacial score (nSPS) is 16.2. The Morgan fingerprint density at radius 1 is 1.00 bits per heavy atom. The van der Waals surface area contributed by atoms with E-state index in [1.54, 1.807) is 48.5 Å². The van der Waals surface area contributed by atoms with Gasteiger partial charge in [-0.15, -0.1) is 0 Å². The number of nitrogens with zero attached hydrogens (tertiary/aromatic N) is 2. The van der Waals surface area contributed by atoms with E-state index in [9.17, 15) is 19.7 Å². The van der Waals surface area contributed by atoms with Crippen molar-refractivity contribution in [3.63, 3.8) is 0 Å². The third-order valence-corrected chi connectivity index (χ3v) is 3.55. The second-order valence-electron chi connectivity index (χ2n) is 5.03. The van der Waals surface area contributed by atoms with Crippen molar-refractivity contribution in [2.75, 3.05) is 4.90 Å². The minimum Gasteiger partial charge on any atom is -0.274 e. The van der Waals surface area contributed by atoms with Gasteiger partial charge in [0.25, 0.3) is 11.6 Å². The summed E-state index contributed by atoms with van der Waals surface area (Å²) in [6.07, 6.45) is 1.35. The summed E-state index contributed by atoms with van der Waals surface area (Å²) in [4.78, 5) is 36.2. The lowest BCUT2D eigenvalue weighted by Crippen LogP contribution is -2.28. The molecule has 0 saturated carbocycles. The second-order valence-corrected chi connectivity index (χ2v) is 5.03. The number of carbonyl (C=O) groups is 2. The number of nitro groups is 1. The quantitative estimate of drug-likeness (QED) is 0.378. The van der Waals surface area contributed by atoms with Crippen LogP contribution in [0.25, 0.3) is 6.08 Å². The van der Waals surface area contributed by atoms with E-state index in [0.717, 1.165) is 4.90 Å². The van der Waals surface area contributed by atoms with Crippen molar-refractivity contribution in [2.45, 2.75) is 6.42 Å². The Bertz CT molecular complexity index is 827. The van der Waals surface area contributed by atoms with Gasteiger partial charge in [-0.25, -0.2) is 4.90 Å². The van der Waals surface area contributed by atoms with Crippen LogP contribution in [0, 0.1) is 10.1 Å². The number of amides is 2. The minimum atomic E-state index is -0.511. The molecule has 6 nitrogen and oxygen atoms in total. The summed E-state index contributed by atoms with van der Waals surface area (Å²) < 4.78 is 0. The first-order chi connectivity index (χ1) is 11.1. The number of rotatable bonds is 3. The van der Waals surface area contributed by atoms with Gasteiger partial charge in [-0.1, -0.05) is 30.3 Å². The van der Waals surface area contributed by atoms with Crippen molar-refractivity contribution in [2.24, 2.45) is 0 Å². The molecule has 6 heteroatoms. The number of hydrogen-bond acceptors (Lipinski definition) is 4. The zero-order valence-electron chi connectivity index (χ0n) is 12.0. The van der Waals surface area contributed by atoms with Gasteiger partial charge in [0.05, 0.1) is 22.6 Å². The first kappa shape index (κ1) is 14.6. The SMILES string of the molecule is O=C1C/C(=C/c2ccccc2[N+](=O)[O-])C(=O)N1c1ccccc1. The van der Waals surface area contributed by atoms with Gasteiger partial charge in [-0.05, 0) is 24.3 Å². The average molecular weight is 308 g/mol. The molecule has 114 valence electrons. The molecule has 0 atom stereocenters. The van der Waals surface area contributed by atoms with E-state index in [4.69, 9.17) is 0 Å². The molecule has 1 saturated heterocycles. The molecule has 0 unspecified atom stereocenters. The smallest absolute Gasteiger partial charge is 0.274 e. The first-order valence-electron chi connectivity index (χ1n) is 6.94. The summed E-state index contributed by atoms with van der Waals surface area (Å²) in [5.74, 6) is -0.787. The molecule has 1 aliphatic heterocycles. The number of nitro benzene ring substituents is 1. The van der Waals surface area contributed by atoms with Crippen LogP contribution in [0.15, 0.2) is 60.2 Å². The number of hydrogen-bond donors (Lipinski definition) is 0. The standard InChI is InChI=1S/C17H12N2O4/c20-16-11-13(10-12-6-4-5-9-15(12)19(22)23)17(21)18(16)14-7-2-1-3-8-14/h1-10H,11H2/b13-10-. The molecule has 3 rings (SSSR count). The molecule has 2 aromatic rings. The van der Waals surface area contributed by atoms with Crippen LogP contribution in [0.3, 0.4) is 0 Å². The highest BCUT2D eigenvalue weighted by molar-refractivity contribution is 6.29. The summed E-state index contributed by atoms with van der Waals surface area (Å²) in [5.41, 5.74) is 0.948. The van der Waals surface area contributed by atoms with Crippen LogP contribution in [-0.2, 0) is 9.59 Å². The van der Waals surface area contributed by atoms with E-state index >= 15 is 0 Å². The van der Waals surface area contributed by atoms with Crippen LogP contribution >= 0.6 is 0 Å². The summed E-state index contributed by atoms with van der Waals surface area (Å²) in [6.45, 7) is 0. The first-order valence-corrected chi connectivity index (χ1v) is 6.94. The monoisotopic (exact) mass is 308 g/mol. The number of para-hydroxylation sites is 2. The maximum atomic E-state index is 12.5. The highest BCUT2D eigenvalue weighted by Crippen LogP contribution is 2.29. The van der Waals surface area contributed by atoms with E-state index in [0.29, 0.717) is 11.3 Å². The predicted octanol–water partition coefficient (Wildman–Crippen LogP) is 2.94. The van der Waals surface area contributed by atoms with E-state index in [1.165, 1.54) is 12.1 Å². The number of imide groups is 1. The van der Waals surface area contributed by atoms with E-state index < -0.39 is 10.8 Å². The van der Waals surface area contributed by atoms with Crippen molar-refractivity contribution in [3.05, 3.63) is 75.8 Å².